The average Bonchev–Trinajstić information content (AvgIpc) is 2.54. The summed E-state index contributed by atoms with van der Waals surface area (Å²) in [6.45, 7) is 3.80. The zero-order valence-corrected chi connectivity index (χ0v) is 9.47. The standard InChI is InChI=1S/C12H24N2/c1-14(9-7-11-4-2-5-11)10-12-6-3-8-13-12/h11-13H,2-10H2,1H3. The molecule has 1 aliphatic heterocycles. The molecule has 0 aromatic heterocycles. The Morgan fingerprint density at radius 3 is 2.64 bits per heavy atom. The van der Waals surface area contributed by atoms with E-state index in [0.717, 1.165) is 12.0 Å². The van der Waals surface area contributed by atoms with E-state index in [9.17, 15) is 0 Å². The molecule has 1 aliphatic carbocycles. The number of hydrogen-bond acceptors (Lipinski definition) is 2. The predicted molar refractivity (Wildman–Crippen MR) is 60.5 cm³/mol. The number of nitrogens with zero attached hydrogens (tertiary/aromatic N) is 1. The Kier molecular flexibility index (Phi) is 3.82. The molecule has 1 unspecified atom stereocenters. The van der Waals surface area contributed by atoms with Crippen molar-refractivity contribution < 1.29 is 0 Å². The van der Waals surface area contributed by atoms with Crippen LogP contribution in [0.3, 0.4) is 0 Å². The van der Waals surface area contributed by atoms with Gasteiger partial charge in [-0.25, -0.2) is 0 Å². The quantitative estimate of drug-likeness (QED) is 0.722. The SMILES string of the molecule is CN(CCC1CCC1)CC1CCCN1. The van der Waals surface area contributed by atoms with Crippen LogP contribution < -0.4 is 5.32 Å². The minimum atomic E-state index is 0.779. The van der Waals surface area contributed by atoms with Gasteiger partial charge in [0.15, 0.2) is 0 Å². The summed E-state index contributed by atoms with van der Waals surface area (Å²) in [6.07, 6.45) is 8.67. The zero-order valence-electron chi connectivity index (χ0n) is 9.47. The maximum Gasteiger partial charge on any atom is 0.0195 e. The molecule has 2 fully saturated rings. The van der Waals surface area contributed by atoms with E-state index in [1.54, 1.807) is 0 Å². The van der Waals surface area contributed by atoms with Gasteiger partial charge in [0.25, 0.3) is 0 Å². The largest absolute Gasteiger partial charge is 0.313 e. The van der Waals surface area contributed by atoms with E-state index in [0.29, 0.717) is 0 Å². The van der Waals surface area contributed by atoms with Crippen molar-refractivity contribution in [3.05, 3.63) is 0 Å². The molecule has 1 heterocycles. The molecule has 0 bridgehead atoms. The highest BCUT2D eigenvalue weighted by Gasteiger charge is 2.19. The fraction of sp³-hybridized carbons (Fsp3) is 1.00. The second kappa shape index (κ2) is 5.13. The predicted octanol–water partition coefficient (Wildman–Crippen LogP) is 1.86. The Morgan fingerprint density at radius 2 is 2.07 bits per heavy atom. The summed E-state index contributed by atoms with van der Waals surface area (Å²) in [5.41, 5.74) is 0. The lowest BCUT2D eigenvalue weighted by Crippen LogP contribution is -2.36. The van der Waals surface area contributed by atoms with E-state index >= 15 is 0 Å². The van der Waals surface area contributed by atoms with E-state index < -0.39 is 0 Å². The normalized spacial score (nSPS) is 28.3. The molecule has 82 valence electrons. The van der Waals surface area contributed by atoms with Crippen molar-refractivity contribution in [3.63, 3.8) is 0 Å². The molecule has 0 aromatic carbocycles. The van der Waals surface area contributed by atoms with Crippen LogP contribution in [0.25, 0.3) is 0 Å². The molecule has 0 radical (unpaired) electrons. The fourth-order valence-corrected chi connectivity index (χ4v) is 2.56. The van der Waals surface area contributed by atoms with Gasteiger partial charge in [0.05, 0.1) is 0 Å². The second-order valence-electron chi connectivity index (χ2n) is 5.14. The molecular formula is C12H24N2. The summed E-state index contributed by atoms with van der Waals surface area (Å²) in [5.74, 6) is 1.06. The fourth-order valence-electron chi connectivity index (χ4n) is 2.56. The highest BCUT2D eigenvalue weighted by atomic mass is 15.1. The lowest BCUT2D eigenvalue weighted by molar-refractivity contribution is 0.228. The minimum Gasteiger partial charge on any atom is -0.313 e. The van der Waals surface area contributed by atoms with Crippen molar-refractivity contribution in [2.24, 2.45) is 5.92 Å². The third kappa shape index (κ3) is 2.96. The Labute approximate surface area is 88.1 Å². The van der Waals surface area contributed by atoms with Crippen LogP contribution in [-0.4, -0.2) is 37.6 Å². The first-order valence-electron chi connectivity index (χ1n) is 6.26. The van der Waals surface area contributed by atoms with E-state index in [4.69, 9.17) is 0 Å². The minimum absolute atomic E-state index is 0.779. The van der Waals surface area contributed by atoms with Crippen LogP contribution in [-0.2, 0) is 0 Å². The molecule has 1 N–H and O–H groups in total. The summed E-state index contributed by atoms with van der Waals surface area (Å²) < 4.78 is 0. The van der Waals surface area contributed by atoms with Gasteiger partial charge in [-0.05, 0) is 45.3 Å². The summed E-state index contributed by atoms with van der Waals surface area (Å²) in [5, 5.41) is 3.56. The van der Waals surface area contributed by atoms with E-state index in [-0.39, 0.29) is 0 Å². The first kappa shape index (κ1) is 10.4. The van der Waals surface area contributed by atoms with E-state index in [1.807, 2.05) is 0 Å². The number of nitrogens with one attached hydrogen (secondary N) is 1. The Bertz CT molecular complexity index is 160. The number of hydrogen-bond donors (Lipinski definition) is 1. The molecule has 1 saturated heterocycles. The van der Waals surface area contributed by atoms with Crippen LogP contribution in [0.15, 0.2) is 0 Å². The molecule has 2 rings (SSSR count). The third-order valence-corrected chi connectivity index (χ3v) is 3.84. The second-order valence-corrected chi connectivity index (χ2v) is 5.14. The van der Waals surface area contributed by atoms with Gasteiger partial charge in [-0.3, -0.25) is 0 Å². The van der Waals surface area contributed by atoms with Crippen molar-refractivity contribution in [1.82, 2.24) is 10.2 Å². The molecule has 2 heteroatoms. The molecule has 1 saturated carbocycles. The van der Waals surface area contributed by atoms with E-state index in [2.05, 4.69) is 17.3 Å². The van der Waals surface area contributed by atoms with Crippen molar-refractivity contribution >= 4 is 0 Å². The third-order valence-electron chi connectivity index (χ3n) is 3.84. The van der Waals surface area contributed by atoms with Crippen LogP contribution >= 0.6 is 0 Å². The van der Waals surface area contributed by atoms with Gasteiger partial charge in [0.1, 0.15) is 0 Å². The Morgan fingerprint density at radius 1 is 1.21 bits per heavy atom. The molecule has 2 aliphatic rings. The first-order chi connectivity index (χ1) is 6.84. The van der Waals surface area contributed by atoms with Crippen molar-refractivity contribution in [1.29, 1.82) is 0 Å². The molecular weight excluding hydrogens is 172 g/mol. The van der Waals surface area contributed by atoms with Crippen LogP contribution in [0.4, 0.5) is 0 Å². The van der Waals surface area contributed by atoms with Gasteiger partial charge in [0.2, 0.25) is 0 Å². The smallest absolute Gasteiger partial charge is 0.0195 e. The van der Waals surface area contributed by atoms with Gasteiger partial charge in [-0.1, -0.05) is 19.3 Å². The van der Waals surface area contributed by atoms with Crippen LogP contribution in [0.5, 0.6) is 0 Å². The number of likely N-dealkylation sites (N-methyl/N-ethyl adjacent to an activating group) is 1. The van der Waals surface area contributed by atoms with Gasteiger partial charge in [-0.15, -0.1) is 0 Å². The van der Waals surface area contributed by atoms with Crippen molar-refractivity contribution in [3.8, 4) is 0 Å². The van der Waals surface area contributed by atoms with Crippen LogP contribution in [0.2, 0.25) is 0 Å². The first-order valence-corrected chi connectivity index (χ1v) is 6.26. The highest BCUT2D eigenvalue weighted by Crippen LogP contribution is 2.29. The van der Waals surface area contributed by atoms with Gasteiger partial charge >= 0.3 is 0 Å². The summed E-state index contributed by atoms with van der Waals surface area (Å²) >= 11 is 0. The lowest BCUT2D eigenvalue weighted by atomic mass is 9.83. The van der Waals surface area contributed by atoms with Gasteiger partial charge < -0.3 is 10.2 Å². The maximum atomic E-state index is 3.56. The maximum absolute atomic E-state index is 3.56. The van der Waals surface area contributed by atoms with Gasteiger partial charge in [-0.2, -0.15) is 0 Å². The molecule has 2 nitrogen and oxygen atoms in total. The molecule has 14 heavy (non-hydrogen) atoms. The Balaban J connectivity index is 1.55. The molecule has 0 spiro atoms. The van der Waals surface area contributed by atoms with E-state index in [1.165, 1.54) is 58.2 Å². The van der Waals surface area contributed by atoms with Gasteiger partial charge in [0, 0.05) is 12.6 Å². The zero-order chi connectivity index (χ0) is 9.80. The highest BCUT2D eigenvalue weighted by molar-refractivity contribution is 4.77. The van der Waals surface area contributed by atoms with Crippen molar-refractivity contribution in [2.45, 2.75) is 44.6 Å². The molecule has 0 amide bonds. The average molecular weight is 196 g/mol. The Hall–Kier alpha value is -0.0800. The van der Waals surface area contributed by atoms with Crippen LogP contribution in [0, 0.1) is 5.92 Å². The summed E-state index contributed by atoms with van der Waals surface area (Å²) in [4.78, 5) is 2.52. The summed E-state index contributed by atoms with van der Waals surface area (Å²) in [7, 11) is 2.28. The lowest BCUT2D eigenvalue weighted by Gasteiger charge is -2.28. The van der Waals surface area contributed by atoms with Crippen molar-refractivity contribution in [2.75, 3.05) is 26.7 Å². The molecule has 0 aromatic rings. The number of rotatable bonds is 5. The monoisotopic (exact) mass is 196 g/mol. The molecule has 1 atom stereocenters. The topological polar surface area (TPSA) is 15.3 Å². The van der Waals surface area contributed by atoms with Crippen LogP contribution in [0.1, 0.15) is 38.5 Å². The summed E-state index contributed by atoms with van der Waals surface area (Å²) in [6, 6.07) is 0.779.